The first-order chi connectivity index (χ1) is 8.26. The molecule has 0 spiro atoms. The van der Waals surface area contributed by atoms with Crippen LogP contribution in [-0.4, -0.2) is 24.6 Å². The summed E-state index contributed by atoms with van der Waals surface area (Å²) >= 11 is 0. The minimum atomic E-state index is -0.0129. The van der Waals surface area contributed by atoms with Crippen molar-refractivity contribution < 1.29 is 5.11 Å². The monoisotopic (exact) mass is 232 g/mol. The molecule has 0 saturated carbocycles. The second kappa shape index (κ2) is 5.05. The normalized spacial score (nSPS) is 10.8. The number of hydrogen-bond donors (Lipinski definition) is 1. The molecule has 2 heterocycles. The maximum absolute atomic E-state index is 9.22. The van der Waals surface area contributed by atoms with E-state index in [1.807, 2.05) is 11.6 Å². The summed E-state index contributed by atoms with van der Waals surface area (Å²) in [7, 11) is 1.91. The quantitative estimate of drug-likeness (QED) is 0.863. The van der Waals surface area contributed by atoms with E-state index in [4.69, 9.17) is 0 Å². The van der Waals surface area contributed by atoms with E-state index in [1.54, 1.807) is 18.7 Å². The van der Waals surface area contributed by atoms with Crippen molar-refractivity contribution >= 4 is 0 Å². The van der Waals surface area contributed by atoms with Crippen LogP contribution in [0.5, 0.6) is 0 Å². The summed E-state index contributed by atoms with van der Waals surface area (Å²) in [6.07, 6.45) is 7.00. The highest BCUT2D eigenvalue weighted by atomic mass is 16.3. The zero-order chi connectivity index (χ0) is 12.3. The van der Waals surface area contributed by atoms with Gasteiger partial charge in [-0.1, -0.05) is 13.3 Å². The molecule has 0 aliphatic rings. The van der Waals surface area contributed by atoms with Gasteiger partial charge in [-0.05, 0) is 6.42 Å². The molecule has 2 rings (SSSR count). The molecule has 0 amide bonds. The summed E-state index contributed by atoms with van der Waals surface area (Å²) in [6, 6.07) is 0. The minimum Gasteiger partial charge on any atom is -0.392 e. The minimum absolute atomic E-state index is 0.0129. The molecule has 2 aromatic rings. The molecule has 0 atom stereocenters. The Morgan fingerprint density at radius 3 is 2.76 bits per heavy atom. The highest BCUT2D eigenvalue weighted by Gasteiger charge is 2.09. The van der Waals surface area contributed by atoms with Crippen LogP contribution in [0.2, 0.25) is 0 Å². The fourth-order valence-corrected chi connectivity index (χ4v) is 1.72. The lowest BCUT2D eigenvalue weighted by molar-refractivity contribution is 0.279. The summed E-state index contributed by atoms with van der Waals surface area (Å²) in [5.41, 5.74) is 2.60. The van der Waals surface area contributed by atoms with Gasteiger partial charge < -0.3 is 9.67 Å². The topological polar surface area (TPSA) is 63.8 Å². The first-order valence-electron chi connectivity index (χ1n) is 5.68. The number of hydrogen-bond acceptors (Lipinski definition) is 4. The number of imidazole rings is 1. The van der Waals surface area contributed by atoms with Gasteiger partial charge in [0.1, 0.15) is 5.69 Å². The van der Waals surface area contributed by atoms with Gasteiger partial charge in [0.25, 0.3) is 0 Å². The van der Waals surface area contributed by atoms with Crippen LogP contribution < -0.4 is 0 Å². The van der Waals surface area contributed by atoms with Gasteiger partial charge in [-0.3, -0.25) is 0 Å². The molecule has 0 bridgehead atoms. The SMILES string of the molecule is CCCc1nc(-c2cncn2C)ncc1CO. The van der Waals surface area contributed by atoms with E-state index >= 15 is 0 Å². The molecule has 90 valence electrons. The average Bonchev–Trinajstić information content (AvgIpc) is 2.76. The third-order valence-electron chi connectivity index (χ3n) is 2.66. The average molecular weight is 232 g/mol. The fraction of sp³-hybridized carbons (Fsp3) is 0.417. The van der Waals surface area contributed by atoms with Crippen LogP contribution in [0, 0.1) is 0 Å². The van der Waals surface area contributed by atoms with Gasteiger partial charge in [-0.15, -0.1) is 0 Å². The molecule has 0 saturated heterocycles. The van der Waals surface area contributed by atoms with Gasteiger partial charge in [0.05, 0.1) is 24.8 Å². The van der Waals surface area contributed by atoms with Crippen LogP contribution in [0.25, 0.3) is 11.5 Å². The Labute approximate surface area is 100 Å². The smallest absolute Gasteiger partial charge is 0.178 e. The van der Waals surface area contributed by atoms with Gasteiger partial charge in [-0.2, -0.15) is 0 Å². The second-order valence-corrected chi connectivity index (χ2v) is 3.96. The number of rotatable bonds is 4. The second-order valence-electron chi connectivity index (χ2n) is 3.96. The first-order valence-corrected chi connectivity index (χ1v) is 5.68. The number of aryl methyl sites for hydroxylation is 2. The van der Waals surface area contributed by atoms with E-state index in [9.17, 15) is 5.11 Å². The van der Waals surface area contributed by atoms with Crippen molar-refractivity contribution in [2.24, 2.45) is 7.05 Å². The summed E-state index contributed by atoms with van der Waals surface area (Å²) in [5, 5.41) is 9.22. The Morgan fingerprint density at radius 2 is 2.18 bits per heavy atom. The van der Waals surface area contributed by atoms with Gasteiger partial charge in [0, 0.05) is 18.8 Å². The third-order valence-corrected chi connectivity index (χ3v) is 2.66. The van der Waals surface area contributed by atoms with E-state index in [0.717, 1.165) is 29.8 Å². The van der Waals surface area contributed by atoms with Crippen LogP contribution in [0.4, 0.5) is 0 Å². The molecule has 2 aromatic heterocycles. The van der Waals surface area contributed by atoms with Crippen molar-refractivity contribution in [1.82, 2.24) is 19.5 Å². The highest BCUT2D eigenvalue weighted by molar-refractivity contribution is 5.48. The van der Waals surface area contributed by atoms with Crippen LogP contribution >= 0.6 is 0 Å². The maximum atomic E-state index is 9.22. The molecular weight excluding hydrogens is 216 g/mol. The van der Waals surface area contributed by atoms with E-state index in [-0.39, 0.29) is 6.61 Å². The van der Waals surface area contributed by atoms with Crippen molar-refractivity contribution in [3.05, 3.63) is 30.0 Å². The van der Waals surface area contributed by atoms with Gasteiger partial charge in [-0.25, -0.2) is 15.0 Å². The predicted octanol–water partition coefficient (Wildman–Crippen LogP) is 1.32. The largest absolute Gasteiger partial charge is 0.392 e. The number of aromatic nitrogens is 4. The molecule has 17 heavy (non-hydrogen) atoms. The van der Waals surface area contributed by atoms with E-state index < -0.39 is 0 Å². The molecule has 5 heteroatoms. The predicted molar refractivity (Wildman–Crippen MR) is 64.2 cm³/mol. The molecule has 0 radical (unpaired) electrons. The maximum Gasteiger partial charge on any atom is 0.178 e. The molecule has 0 aromatic carbocycles. The van der Waals surface area contributed by atoms with Crippen molar-refractivity contribution in [2.45, 2.75) is 26.4 Å². The van der Waals surface area contributed by atoms with E-state index in [1.165, 1.54) is 0 Å². The summed E-state index contributed by atoms with van der Waals surface area (Å²) < 4.78 is 1.88. The van der Waals surface area contributed by atoms with Crippen LogP contribution in [0.15, 0.2) is 18.7 Å². The van der Waals surface area contributed by atoms with Gasteiger partial charge in [0.15, 0.2) is 5.82 Å². The molecule has 0 unspecified atom stereocenters. The summed E-state index contributed by atoms with van der Waals surface area (Å²) in [6.45, 7) is 2.08. The standard InChI is InChI=1S/C12H16N4O/c1-3-4-10-9(7-17)5-14-12(15-10)11-6-13-8-16(11)2/h5-6,8,17H,3-4,7H2,1-2H3. The molecule has 5 nitrogen and oxygen atoms in total. The van der Waals surface area contributed by atoms with Gasteiger partial charge in [0.2, 0.25) is 0 Å². The summed E-state index contributed by atoms with van der Waals surface area (Å²) in [5.74, 6) is 0.658. The highest BCUT2D eigenvalue weighted by Crippen LogP contribution is 2.16. The molecule has 0 fully saturated rings. The zero-order valence-corrected chi connectivity index (χ0v) is 10.1. The van der Waals surface area contributed by atoms with Crippen molar-refractivity contribution in [2.75, 3.05) is 0 Å². The van der Waals surface area contributed by atoms with Crippen LogP contribution in [0.3, 0.4) is 0 Å². The lowest BCUT2D eigenvalue weighted by Crippen LogP contribution is -2.03. The Balaban J connectivity index is 2.43. The van der Waals surface area contributed by atoms with E-state index in [0.29, 0.717) is 5.82 Å². The Kier molecular flexibility index (Phi) is 3.49. The number of aliphatic hydroxyl groups is 1. The lowest BCUT2D eigenvalue weighted by atomic mass is 10.1. The van der Waals surface area contributed by atoms with Crippen molar-refractivity contribution in [3.8, 4) is 11.5 Å². The van der Waals surface area contributed by atoms with Crippen LogP contribution in [0.1, 0.15) is 24.6 Å². The van der Waals surface area contributed by atoms with Crippen molar-refractivity contribution in [3.63, 3.8) is 0 Å². The Hall–Kier alpha value is -1.75. The van der Waals surface area contributed by atoms with Crippen molar-refractivity contribution in [1.29, 1.82) is 0 Å². The third kappa shape index (κ3) is 2.34. The Morgan fingerprint density at radius 1 is 1.35 bits per heavy atom. The molecular formula is C12H16N4O. The van der Waals surface area contributed by atoms with E-state index in [2.05, 4.69) is 21.9 Å². The Bertz CT molecular complexity index is 507. The molecule has 0 aliphatic carbocycles. The zero-order valence-electron chi connectivity index (χ0n) is 10.1. The first kappa shape index (κ1) is 11.7. The molecule has 1 N–H and O–H groups in total. The fourth-order valence-electron chi connectivity index (χ4n) is 1.72. The lowest BCUT2D eigenvalue weighted by Gasteiger charge is -2.07. The molecule has 0 aliphatic heterocycles. The van der Waals surface area contributed by atoms with Crippen LogP contribution in [-0.2, 0) is 20.1 Å². The summed E-state index contributed by atoms with van der Waals surface area (Å²) in [4.78, 5) is 12.8. The number of aliphatic hydroxyl groups excluding tert-OH is 1. The number of nitrogens with zero attached hydrogens (tertiary/aromatic N) is 4. The van der Waals surface area contributed by atoms with Gasteiger partial charge >= 0.3 is 0 Å².